The molecule has 22 heavy (non-hydrogen) atoms. The number of aromatic nitrogens is 3. The van der Waals surface area contributed by atoms with Gasteiger partial charge >= 0.3 is 0 Å². The lowest BCUT2D eigenvalue weighted by molar-refractivity contribution is 0.0923. The Kier molecular flexibility index (Phi) is 3.91. The lowest BCUT2D eigenvalue weighted by atomic mass is 10.3. The van der Waals surface area contributed by atoms with Gasteiger partial charge in [-0.3, -0.25) is 4.79 Å². The minimum Gasteiger partial charge on any atom is -0.436 e. The van der Waals surface area contributed by atoms with Gasteiger partial charge in [0.25, 0.3) is 5.91 Å². The normalized spacial score (nSPS) is 11.0. The summed E-state index contributed by atoms with van der Waals surface area (Å²) in [6.45, 7) is 4.06. The zero-order chi connectivity index (χ0) is 15.5. The first-order chi connectivity index (χ1) is 10.6. The highest BCUT2D eigenvalue weighted by atomic mass is 16.4. The van der Waals surface area contributed by atoms with E-state index in [4.69, 9.17) is 4.42 Å². The molecule has 3 rings (SSSR count). The van der Waals surface area contributed by atoms with Crippen molar-refractivity contribution >= 4 is 16.9 Å². The highest BCUT2D eigenvalue weighted by molar-refractivity contribution is 5.92. The number of nitrogens with one attached hydrogen (secondary N) is 2. The van der Waals surface area contributed by atoms with Gasteiger partial charge in [0.15, 0.2) is 5.89 Å². The maximum atomic E-state index is 12.0. The molecular formula is C16H18N4O2. The SMILES string of the molecule is Cc1nc(C)c(C(=O)NCCCc2nc3ccccc3[nH]2)o1. The molecule has 114 valence electrons. The van der Waals surface area contributed by atoms with Crippen LogP contribution in [0.15, 0.2) is 28.7 Å². The van der Waals surface area contributed by atoms with Gasteiger partial charge < -0.3 is 14.7 Å². The van der Waals surface area contributed by atoms with Crippen molar-refractivity contribution in [3.8, 4) is 0 Å². The quantitative estimate of drug-likeness (QED) is 0.709. The molecule has 0 aliphatic rings. The molecule has 0 aliphatic heterocycles. The Morgan fingerprint density at radius 2 is 2.09 bits per heavy atom. The van der Waals surface area contributed by atoms with Crippen LogP contribution in [0.3, 0.4) is 0 Å². The summed E-state index contributed by atoms with van der Waals surface area (Å²) >= 11 is 0. The van der Waals surface area contributed by atoms with Crippen LogP contribution in [0.1, 0.15) is 34.4 Å². The molecule has 6 heteroatoms. The van der Waals surface area contributed by atoms with Crippen molar-refractivity contribution in [2.75, 3.05) is 6.54 Å². The maximum absolute atomic E-state index is 12.0. The summed E-state index contributed by atoms with van der Waals surface area (Å²) in [7, 11) is 0. The van der Waals surface area contributed by atoms with Crippen LogP contribution < -0.4 is 5.32 Å². The van der Waals surface area contributed by atoms with Gasteiger partial charge in [-0.05, 0) is 25.5 Å². The number of imidazole rings is 1. The number of aromatic amines is 1. The summed E-state index contributed by atoms with van der Waals surface area (Å²) in [6.07, 6.45) is 1.58. The number of hydrogen-bond donors (Lipinski definition) is 2. The van der Waals surface area contributed by atoms with Crippen molar-refractivity contribution in [3.05, 3.63) is 47.4 Å². The van der Waals surface area contributed by atoms with Gasteiger partial charge in [-0.25, -0.2) is 9.97 Å². The zero-order valence-electron chi connectivity index (χ0n) is 12.6. The molecule has 2 N–H and O–H groups in total. The highest BCUT2D eigenvalue weighted by Gasteiger charge is 2.15. The molecule has 2 aromatic heterocycles. The molecule has 6 nitrogen and oxygen atoms in total. The van der Waals surface area contributed by atoms with E-state index in [0.717, 1.165) is 29.7 Å². The van der Waals surface area contributed by atoms with Crippen LogP contribution in [0.5, 0.6) is 0 Å². The molecule has 0 atom stereocenters. The molecule has 0 radical (unpaired) electrons. The Bertz CT molecular complexity index is 770. The standard InChI is InChI=1S/C16H18N4O2/c1-10-15(22-11(2)18-10)16(21)17-9-5-8-14-19-12-6-3-4-7-13(12)20-14/h3-4,6-7H,5,8-9H2,1-2H3,(H,17,21)(H,19,20). The second kappa shape index (κ2) is 6.01. The minimum atomic E-state index is -0.220. The van der Waals surface area contributed by atoms with Crippen molar-refractivity contribution in [1.82, 2.24) is 20.3 Å². The molecule has 0 aliphatic carbocycles. The first-order valence-electron chi connectivity index (χ1n) is 7.29. The van der Waals surface area contributed by atoms with E-state index >= 15 is 0 Å². The second-order valence-electron chi connectivity index (χ2n) is 5.21. The van der Waals surface area contributed by atoms with Crippen molar-refractivity contribution in [2.45, 2.75) is 26.7 Å². The molecule has 1 amide bonds. The third-order valence-electron chi connectivity index (χ3n) is 3.42. The van der Waals surface area contributed by atoms with Gasteiger partial charge in [-0.1, -0.05) is 12.1 Å². The maximum Gasteiger partial charge on any atom is 0.289 e. The number of carbonyl (C=O) groups is 1. The average molecular weight is 298 g/mol. The van der Waals surface area contributed by atoms with Gasteiger partial charge in [0.2, 0.25) is 5.76 Å². The number of aryl methyl sites for hydroxylation is 3. The van der Waals surface area contributed by atoms with E-state index in [1.165, 1.54) is 0 Å². The average Bonchev–Trinajstić information content (AvgIpc) is 3.05. The van der Waals surface area contributed by atoms with Crippen LogP contribution in [0, 0.1) is 13.8 Å². The van der Waals surface area contributed by atoms with E-state index in [1.54, 1.807) is 13.8 Å². The molecule has 1 aromatic carbocycles. The van der Waals surface area contributed by atoms with Gasteiger partial charge in [0.1, 0.15) is 5.82 Å². The van der Waals surface area contributed by atoms with Crippen molar-refractivity contribution in [3.63, 3.8) is 0 Å². The molecule has 3 aromatic rings. The lowest BCUT2D eigenvalue weighted by Gasteiger charge is -2.02. The predicted octanol–water partition coefficient (Wildman–Crippen LogP) is 2.53. The topological polar surface area (TPSA) is 83.8 Å². The summed E-state index contributed by atoms with van der Waals surface area (Å²) < 4.78 is 5.29. The Hall–Kier alpha value is -2.63. The van der Waals surface area contributed by atoms with Gasteiger partial charge in [0.05, 0.1) is 16.7 Å². The molecule has 0 fully saturated rings. The summed E-state index contributed by atoms with van der Waals surface area (Å²) in [6, 6.07) is 7.93. The smallest absolute Gasteiger partial charge is 0.289 e. The summed E-state index contributed by atoms with van der Waals surface area (Å²) in [5.41, 5.74) is 2.62. The first-order valence-corrected chi connectivity index (χ1v) is 7.29. The van der Waals surface area contributed by atoms with Crippen molar-refractivity contribution in [1.29, 1.82) is 0 Å². The Labute approximate surface area is 128 Å². The first kappa shape index (κ1) is 14.3. The lowest BCUT2D eigenvalue weighted by Crippen LogP contribution is -2.25. The molecule has 2 heterocycles. The van der Waals surface area contributed by atoms with Gasteiger partial charge in [-0.2, -0.15) is 0 Å². The molecular weight excluding hydrogens is 280 g/mol. The fourth-order valence-corrected chi connectivity index (χ4v) is 2.40. The highest BCUT2D eigenvalue weighted by Crippen LogP contribution is 2.11. The van der Waals surface area contributed by atoms with Crippen LogP contribution in [-0.4, -0.2) is 27.4 Å². The molecule has 0 unspecified atom stereocenters. The van der Waals surface area contributed by atoms with Gasteiger partial charge in [0, 0.05) is 19.9 Å². The van der Waals surface area contributed by atoms with Crippen LogP contribution >= 0.6 is 0 Å². The number of hydrogen-bond acceptors (Lipinski definition) is 4. The third kappa shape index (κ3) is 3.00. The number of fused-ring (bicyclic) bond motifs is 1. The van der Waals surface area contributed by atoms with E-state index in [-0.39, 0.29) is 5.91 Å². The molecule has 0 bridgehead atoms. The Balaban J connectivity index is 1.51. The molecule has 0 spiro atoms. The van der Waals surface area contributed by atoms with E-state index in [0.29, 0.717) is 23.9 Å². The number of nitrogens with zero attached hydrogens (tertiary/aromatic N) is 2. The monoisotopic (exact) mass is 298 g/mol. The fourth-order valence-electron chi connectivity index (χ4n) is 2.40. The Morgan fingerprint density at radius 1 is 1.27 bits per heavy atom. The van der Waals surface area contributed by atoms with E-state index in [2.05, 4.69) is 20.3 Å². The van der Waals surface area contributed by atoms with Crippen LogP contribution in [-0.2, 0) is 6.42 Å². The number of benzene rings is 1. The second-order valence-corrected chi connectivity index (χ2v) is 5.21. The number of carbonyl (C=O) groups excluding carboxylic acids is 1. The molecule has 0 saturated carbocycles. The summed E-state index contributed by atoms with van der Waals surface area (Å²) in [5, 5.41) is 2.84. The number of amides is 1. The van der Waals surface area contributed by atoms with E-state index < -0.39 is 0 Å². The fraction of sp³-hybridized carbons (Fsp3) is 0.312. The number of rotatable bonds is 5. The van der Waals surface area contributed by atoms with E-state index in [1.807, 2.05) is 24.3 Å². The van der Waals surface area contributed by atoms with Crippen LogP contribution in [0.25, 0.3) is 11.0 Å². The molecule has 0 saturated heterocycles. The van der Waals surface area contributed by atoms with E-state index in [9.17, 15) is 4.79 Å². The van der Waals surface area contributed by atoms with Crippen molar-refractivity contribution < 1.29 is 9.21 Å². The zero-order valence-corrected chi connectivity index (χ0v) is 12.6. The predicted molar refractivity (Wildman–Crippen MR) is 82.7 cm³/mol. The van der Waals surface area contributed by atoms with Crippen LogP contribution in [0.2, 0.25) is 0 Å². The van der Waals surface area contributed by atoms with Gasteiger partial charge in [-0.15, -0.1) is 0 Å². The number of H-pyrrole nitrogens is 1. The third-order valence-corrected chi connectivity index (χ3v) is 3.42. The largest absolute Gasteiger partial charge is 0.436 e. The number of oxazole rings is 1. The minimum absolute atomic E-state index is 0.220. The van der Waals surface area contributed by atoms with Crippen molar-refractivity contribution in [2.24, 2.45) is 0 Å². The summed E-state index contributed by atoms with van der Waals surface area (Å²) in [4.78, 5) is 23.8. The number of para-hydroxylation sites is 2. The summed E-state index contributed by atoms with van der Waals surface area (Å²) in [5.74, 6) is 1.51. The van der Waals surface area contributed by atoms with Crippen LogP contribution in [0.4, 0.5) is 0 Å². The Morgan fingerprint density at radius 3 is 2.82 bits per heavy atom.